The predicted molar refractivity (Wildman–Crippen MR) is 113 cm³/mol. The zero-order valence-corrected chi connectivity index (χ0v) is 18.8. The Hall–Kier alpha value is -1.42. The molecular weight excluding hydrogens is 428 g/mol. The molecule has 0 aliphatic carbocycles. The number of hydrogen-bond donors (Lipinski definition) is 4. The Morgan fingerprint density at radius 2 is 1.25 bits per heavy atom. The van der Waals surface area contributed by atoms with E-state index in [0.717, 1.165) is 0 Å². The number of aliphatic hydroxyl groups excluding tert-OH is 1. The highest BCUT2D eigenvalue weighted by Gasteiger charge is 2.20. The number of carboxylic acids is 1. The second-order valence-corrected chi connectivity index (χ2v) is 7.78. The molecule has 13 heteroatoms. The zero-order chi connectivity index (χ0) is 23.8. The van der Waals surface area contributed by atoms with Gasteiger partial charge in [-0.25, -0.2) is 9.78 Å². The van der Waals surface area contributed by atoms with Gasteiger partial charge in [0.1, 0.15) is 12.7 Å². The van der Waals surface area contributed by atoms with Gasteiger partial charge in [0.15, 0.2) is 0 Å². The first-order valence-corrected chi connectivity index (χ1v) is 10.8. The molecule has 0 amide bonds. The quantitative estimate of drug-likeness (QED) is 0.145. The summed E-state index contributed by atoms with van der Waals surface area (Å²) in [4.78, 5) is 38.8. The molecule has 0 bridgehead atoms. The third kappa shape index (κ3) is 13.9. The topological polar surface area (TPSA) is 156 Å². The Bertz CT molecular complexity index is 529. The molecular formula is C19H38N4O9. The minimum absolute atomic E-state index is 0.103. The number of rotatable bonds is 12. The highest BCUT2D eigenvalue weighted by atomic mass is 17.1. The smallest absolute Gasteiger partial charge is 0.317 e. The second-order valence-electron chi connectivity index (χ2n) is 7.78. The largest absolute Gasteiger partial charge is 0.480 e. The van der Waals surface area contributed by atoms with E-state index in [-0.39, 0.29) is 32.9 Å². The van der Waals surface area contributed by atoms with E-state index in [1.807, 2.05) is 9.80 Å². The maximum atomic E-state index is 11.3. The molecule has 0 aromatic rings. The van der Waals surface area contributed by atoms with E-state index in [4.69, 9.17) is 15.3 Å². The Morgan fingerprint density at radius 3 is 1.66 bits per heavy atom. The van der Waals surface area contributed by atoms with Gasteiger partial charge in [-0.15, -0.1) is 0 Å². The Labute approximate surface area is 188 Å². The fraction of sp³-hybridized carbons (Fsp3) is 0.895. The molecule has 1 atom stereocenters. The van der Waals surface area contributed by atoms with Crippen LogP contribution < -0.4 is 0 Å². The van der Waals surface area contributed by atoms with Crippen molar-refractivity contribution < 1.29 is 44.8 Å². The van der Waals surface area contributed by atoms with Gasteiger partial charge in [0.25, 0.3) is 0 Å². The normalized spacial score (nSPS) is 19.8. The van der Waals surface area contributed by atoms with Gasteiger partial charge in [-0.3, -0.25) is 39.7 Å². The van der Waals surface area contributed by atoms with E-state index < -0.39 is 18.0 Å². The Morgan fingerprint density at radius 1 is 0.812 bits per heavy atom. The molecule has 0 radical (unpaired) electrons. The van der Waals surface area contributed by atoms with E-state index >= 15 is 0 Å². The summed E-state index contributed by atoms with van der Waals surface area (Å²) in [5.41, 5.74) is 0. The number of ether oxygens (including phenoxy) is 1. The van der Waals surface area contributed by atoms with Gasteiger partial charge in [-0.2, -0.15) is 0 Å². The average Bonchev–Trinajstić information content (AvgIpc) is 2.74. The molecule has 1 unspecified atom stereocenters. The number of aliphatic hydroxyl groups is 1. The monoisotopic (exact) mass is 466 g/mol. The first-order valence-electron chi connectivity index (χ1n) is 10.8. The molecule has 1 fully saturated rings. The highest BCUT2D eigenvalue weighted by Crippen LogP contribution is 2.03. The van der Waals surface area contributed by atoms with Gasteiger partial charge in [0.05, 0.1) is 19.8 Å². The molecule has 13 nitrogen and oxygen atoms in total. The molecule has 0 aromatic heterocycles. The van der Waals surface area contributed by atoms with Gasteiger partial charge in [0.2, 0.25) is 0 Å². The lowest BCUT2D eigenvalue weighted by molar-refractivity contribution is -0.245. The van der Waals surface area contributed by atoms with Crippen molar-refractivity contribution in [1.82, 2.24) is 19.6 Å². The third-order valence-electron chi connectivity index (χ3n) is 5.23. The lowest BCUT2D eigenvalue weighted by Gasteiger charge is -2.34. The van der Waals surface area contributed by atoms with Crippen LogP contribution in [0, 0.1) is 0 Å². The van der Waals surface area contributed by atoms with Crippen molar-refractivity contribution in [3.05, 3.63) is 0 Å². The van der Waals surface area contributed by atoms with Gasteiger partial charge < -0.3 is 14.9 Å². The minimum Gasteiger partial charge on any atom is -0.480 e. The third-order valence-corrected chi connectivity index (χ3v) is 5.23. The lowest BCUT2D eigenvalue weighted by atomic mass is 10.3. The molecule has 0 spiro atoms. The molecule has 32 heavy (non-hydrogen) atoms. The van der Waals surface area contributed by atoms with Crippen molar-refractivity contribution in [2.75, 3.05) is 98.4 Å². The van der Waals surface area contributed by atoms with Gasteiger partial charge in [-0.05, 0) is 0 Å². The number of carbonyl (C=O) groups excluding carboxylic acids is 1. The van der Waals surface area contributed by atoms with Crippen molar-refractivity contribution >= 4 is 11.9 Å². The fourth-order valence-corrected chi connectivity index (χ4v) is 3.46. The molecule has 1 rings (SSSR count). The highest BCUT2D eigenvalue weighted by molar-refractivity contribution is 5.69. The van der Waals surface area contributed by atoms with Crippen LogP contribution in [-0.4, -0.2) is 157 Å². The van der Waals surface area contributed by atoms with E-state index in [1.165, 1.54) is 6.92 Å². The summed E-state index contributed by atoms with van der Waals surface area (Å²) >= 11 is 0. The number of esters is 1. The first kappa shape index (κ1) is 28.6. The van der Waals surface area contributed by atoms with Crippen molar-refractivity contribution in [1.29, 1.82) is 0 Å². The van der Waals surface area contributed by atoms with Crippen LogP contribution in [0.4, 0.5) is 0 Å². The lowest BCUT2D eigenvalue weighted by Crippen LogP contribution is -2.49. The maximum Gasteiger partial charge on any atom is 0.317 e. The van der Waals surface area contributed by atoms with Crippen LogP contribution in [0.1, 0.15) is 6.92 Å². The zero-order valence-electron chi connectivity index (χ0n) is 18.8. The summed E-state index contributed by atoms with van der Waals surface area (Å²) in [5, 5.41) is 36.9. The van der Waals surface area contributed by atoms with E-state index in [2.05, 4.69) is 19.6 Å². The van der Waals surface area contributed by atoms with Gasteiger partial charge in [0, 0.05) is 78.9 Å². The summed E-state index contributed by atoms with van der Waals surface area (Å²) in [7, 11) is 0. The van der Waals surface area contributed by atoms with Gasteiger partial charge >= 0.3 is 11.9 Å². The average molecular weight is 467 g/mol. The minimum atomic E-state index is -0.918. The SMILES string of the molecule is CC(=O)OCC(O)CN1CCN(CCOO)CCN(CCOO)CCN(CC(=O)O)CC1. The van der Waals surface area contributed by atoms with Crippen LogP contribution in [0.5, 0.6) is 0 Å². The maximum absolute atomic E-state index is 11.3. The van der Waals surface area contributed by atoms with Crippen LogP contribution in [0.25, 0.3) is 0 Å². The summed E-state index contributed by atoms with van der Waals surface area (Å²) < 4.78 is 4.88. The van der Waals surface area contributed by atoms with Crippen LogP contribution >= 0.6 is 0 Å². The second kappa shape index (κ2) is 17.1. The van der Waals surface area contributed by atoms with Crippen molar-refractivity contribution in [3.63, 3.8) is 0 Å². The molecule has 1 heterocycles. The first-order chi connectivity index (χ1) is 15.3. The summed E-state index contributed by atoms with van der Waals surface area (Å²) in [5.74, 6) is -1.38. The summed E-state index contributed by atoms with van der Waals surface area (Å²) in [6, 6.07) is 0. The van der Waals surface area contributed by atoms with Crippen LogP contribution in [-0.2, 0) is 24.1 Å². The number of carbonyl (C=O) groups is 2. The molecule has 0 aromatic carbocycles. The molecule has 4 N–H and O–H groups in total. The van der Waals surface area contributed by atoms with Crippen LogP contribution in [0.2, 0.25) is 0 Å². The molecule has 188 valence electrons. The van der Waals surface area contributed by atoms with Crippen LogP contribution in [0.15, 0.2) is 0 Å². The van der Waals surface area contributed by atoms with E-state index in [0.29, 0.717) is 65.4 Å². The summed E-state index contributed by atoms with van der Waals surface area (Å²) in [6.07, 6.45) is -0.858. The molecule has 0 saturated carbocycles. The molecule has 1 aliphatic rings. The molecule has 1 aliphatic heterocycles. The Balaban J connectivity index is 2.84. The standard InChI is InChI=1S/C19H38N4O9/c1-17(24)30-16-18(25)14-22-6-4-20(10-12-31-28)2-3-21(11-13-32-29)5-7-23(9-8-22)15-19(26)27/h18,25,28-29H,2-16H2,1H3,(H,26,27). The van der Waals surface area contributed by atoms with Crippen LogP contribution in [0.3, 0.4) is 0 Å². The number of β-amino-alcohol motifs (C(OH)–C–C–N with tert-alkyl or cyclic N) is 1. The molecule has 1 saturated heterocycles. The Kier molecular flexibility index (Phi) is 15.3. The number of carboxylic acid groups (broad SMARTS) is 1. The fourth-order valence-electron chi connectivity index (χ4n) is 3.46. The van der Waals surface area contributed by atoms with Gasteiger partial charge in [-0.1, -0.05) is 0 Å². The number of aliphatic carboxylic acids is 1. The van der Waals surface area contributed by atoms with Crippen molar-refractivity contribution in [2.45, 2.75) is 13.0 Å². The number of nitrogens with zero attached hydrogens (tertiary/aromatic N) is 4. The van der Waals surface area contributed by atoms with Crippen molar-refractivity contribution in [2.24, 2.45) is 0 Å². The predicted octanol–water partition coefficient (Wildman–Crippen LogP) is -1.80. The summed E-state index contributed by atoms with van der Waals surface area (Å²) in [6.45, 7) is 7.31. The van der Waals surface area contributed by atoms with E-state index in [1.54, 1.807) is 0 Å². The number of hydrogen-bond acceptors (Lipinski definition) is 12. The van der Waals surface area contributed by atoms with Crippen molar-refractivity contribution in [3.8, 4) is 0 Å². The van der Waals surface area contributed by atoms with E-state index in [9.17, 15) is 19.8 Å².